The molecular weight excluding hydrogens is 383 g/mol. The number of benzene rings is 1. The van der Waals surface area contributed by atoms with Crippen molar-refractivity contribution >= 4 is 15.9 Å². The molecule has 0 atom stereocenters. The van der Waals surface area contributed by atoms with Gasteiger partial charge in [-0.25, -0.2) is 13.1 Å². The highest BCUT2D eigenvalue weighted by Crippen LogP contribution is 2.39. The molecule has 1 aromatic rings. The Bertz CT molecular complexity index is 784. The normalized spacial score (nSPS) is 12.5. The molecule has 9 heteroatoms. The molecule has 27 heavy (non-hydrogen) atoms. The first-order chi connectivity index (χ1) is 12.4. The third kappa shape index (κ3) is 6.57. The van der Waals surface area contributed by atoms with Crippen molar-refractivity contribution in [1.82, 2.24) is 4.72 Å². The van der Waals surface area contributed by atoms with Crippen molar-refractivity contribution in [3.05, 3.63) is 42.0 Å². The average molecular weight is 407 g/mol. The minimum atomic E-state index is -4.77. The molecule has 0 fully saturated rings. The molecule has 0 saturated heterocycles. The van der Waals surface area contributed by atoms with Gasteiger partial charge in [0.1, 0.15) is 5.75 Å². The summed E-state index contributed by atoms with van der Waals surface area (Å²) in [5.41, 5.74) is -1.90. The van der Waals surface area contributed by atoms with Crippen LogP contribution in [-0.2, 0) is 16.2 Å². The number of allylic oxidation sites excluding steroid dienone is 1. The standard InChI is InChI=1S/C18H24F3NO4S/c1-5-10-17(6-2,7-3)12-26-15-9-8-13(11-14(15)18(19,20)21)16(23)22-27(4,24)25/h5,8-9,11H,1,6-7,10,12H2,2-4H3,(H,22,23). The summed E-state index contributed by atoms with van der Waals surface area (Å²) in [5.74, 6) is -1.55. The van der Waals surface area contributed by atoms with Crippen LogP contribution in [0.1, 0.15) is 49.0 Å². The highest BCUT2D eigenvalue weighted by molar-refractivity contribution is 7.89. The van der Waals surface area contributed by atoms with E-state index in [-0.39, 0.29) is 12.0 Å². The SMILES string of the molecule is C=CCC(CC)(CC)COc1ccc(C(=O)NS(C)(=O)=O)cc1C(F)(F)F. The Morgan fingerprint density at radius 2 is 1.85 bits per heavy atom. The monoisotopic (exact) mass is 407 g/mol. The Morgan fingerprint density at radius 3 is 2.30 bits per heavy atom. The second-order valence-electron chi connectivity index (χ2n) is 6.40. The predicted molar refractivity (Wildman–Crippen MR) is 97.1 cm³/mol. The van der Waals surface area contributed by atoms with E-state index in [1.165, 1.54) is 0 Å². The lowest BCUT2D eigenvalue weighted by Gasteiger charge is -2.31. The van der Waals surface area contributed by atoms with Gasteiger partial charge in [0.2, 0.25) is 10.0 Å². The molecule has 0 aliphatic carbocycles. The van der Waals surface area contributed by atoms with Crippen molar-refractivity contribution in [3.8, 4) is 5.75 Å². The third-order valence-corrected chi connectivity index (χ3v) is 4.99. The Hall–Kier alpha value is -2.03. The number of halogens is 3. The van der Waals surface area contributed by atoms with E-state index >= 15 is 0 Å². The number of carbonyl (C=O) groups is 1. The summed E-state index contributed by atoms with van der Waals surface area (Å²) < 4.78 is 69.6. The van der Waals surface area contributed by atoms with E-state index < -0.39 is 39.0 Å². The van der Waals surface area contributed by atoms with Crippen LogP contribution in [0.5, 0.6) is 5.75 Å². The molecule has 0 aliphatic rings. The van der Waals surface area contributed by atoms with Gasteiger partial charge in [0.15, 0.2) is 0 Å². The quantitative estimate of drug-likeness (QED) is 0.624. The number of hydrogen-bond acceptors (Lipinski definition) is 4. The highest BCUT2D eigenvalue weighted by atomic mass is 32.2. The topological polar surface area (TPSA) is 72.5 Å². The van der Waals surface area contributed by atoms with E-state index in [0.717, 1.165) is 18.4 Å². The number of nitrogens with one attached hydrogen (secondary N) is 1. The van der Waals surface area contributed by atoms with E-state index in [9.17, 15) is 26.4 Å². The molecule has 0 aromatic heterocycles. The Kier molecular flexibility index (Phi) is 7.48. The molecule has 0 radical (unpaired) electrons. The van der Waals surface area contributed by atoms with Gasteiger partial charge in [-0.05, 0) is 37.5 Å². The third-order valence-electron chi connectivity index (χ3n) is 4.44. The zero-order chi connectivity index (χ0) is 20.9. The van der Waals surface area contributed by atoms with Crippen LogP contribution >= 0.6 is 0 Å². The number of amides is 1. The summed E-state index contributed by atoms with van der Waals surface area (Å²) in [7, 11) is -3.89. The van der Waals surface area contributed by atoms with Gasteiger partial charge in [0, 0.05) is 11.0 Å². The molecule has 152 valence electrons. The lowest BCUT2D eigenvalue weighted by molar-refractivity contribution is -0.139. The zero-order valence-corrected chi connectivity index (χ0v) is 16.3. The fourth-order valence-corrected chi connectivity index (χ4v) is 3.04. The molecule has 0 saturated carbocycles. The molecule has 5 nitrogen and oxygen atoms in total. The zero-order valence-electron chi connectivity index (χ0n) is 15.5. The van der Waals surface area contributed by atoms with E-state index in [0.29, 0.717) is 25.3 Å². The summed E-state index contributed by atoms with van der Waals surface area (Å²) in [4.78, 5) is 11.8. The maximum Gasteiger partial charge on any atom is 0.419 e. The predicted octanol–water partition coefficient (Wildman–Crippen LogP) is 4.16. The first kappa shape index (κ1) is 23.0. The Labute approximate surface area is 157 Å². The number of sulfonamides is 1. The summed E-state index contributed by atoms with van der Waals surface area (Å²) in [6.07, 6.45) is -0.328. The minimum Gasteiger partial charge on any atom is -0.492 e. The lowest BCUT2D eigenvalue weighted by atomic mass is 9.80. The second-order valence-corrected chi connectivity index (χ2v) is 8.15. The molecule has 1 rings (SSSR count). The molecule has 0 heterocycles. The highest BCUT2D eigenvalue weighted by Gasteiger charge is 2.36. The maximum atomic E-state index is 13.4. The summed E-state index contributed by atoms with van der Waals surface area (Å²) in [5, 5.41) is 0. The van der Waals surface area contributed by atoms with Crippen LogP contribution in [0.25, 0.3) is 0 Å². The number of alkyl halides is 3. The van der Waals surface area contributed by atoms with Gasteiger partial charge < -0.3 is 4.74 Å². The van der Waals surface area contributed by atoms with Gasteiger partial charge in [-0.1, -0.05) is 19.9 Å². The maximum absolute atomic E-state index is 13.4. The van der Waals surface area contributed by atoms with Crippen molar-refractivity contribution in [3.63, 3.8) is 0 Å². The van der Waals surface area contributed by atoms with Crippen molar-refractivity contribution in [2.24, 2.45) is 5.41 Å². The number of rotatable bonds is 9. The van der Waals surface area contributed by atoms with Gasteiger partial charge in [0.25, 0.3) is 5.91 Å². The van der Waals surface area contributed by atoms with Gasteiger partial charge in [-0.2, -0.15) is 13.2 Å². The minimum absolute atomic E-state index is 0.0595. The van der Waals surface area contributed by atoms with Gasteiger partial charge in [0.05, 0.1) is 18.4 Å². The van der Waals surface area contributed by atoms with Crippen LogP contribution in [0.2, 0.25) is 0 Å². The van der Waals surface area contributed by atoms with Crippen molar-refractivity contribution in [1.29, 1.82) is 0 Å². The van der Waals surface area contributed by atoms with Crippen LogP contribution in [0.3, 0.4) is 0 Å². The van der Waals surface area contributed by atoms with Gasteiger partial charge in [-0.3, -0.25) is 4.79 Å². The van der Waals surface area contributed by atoms with Crippen LogP contribution in [0.4, 0.5) is 13.2 Å². The van der Waals surface area contributed by atoms with Crippen molar-refractivity contribution in [2.45, 2.75) is 39.3 Å². The molecule has 0 bridgehead atoms. The molecule has 1 amide bonds. The average Bonchev–Trinajstić information content (AvgIpc) is 2.56. The van der Waals surface area contributed by atoms with E-state index in [1.807, 2.05) is 13.8 Å². The van der Waals surface area contributed by atoms with Gasteiger partial charge >= 0.3 is 6.18 Å². The second kappa shape index (κ2) is 8.77. The van der Waals surface area contributed by atoms with Crippen LogP contribution in [0, 0.1) is 5.41 Å². The van der Waals surface area contributed by atoms with Crippen molar-refractivity contribution in [2.75, 3.05) is 12.9 Å². The lowest BCUT2D eigenvalue weighted by Crippen LogP contribution is -2.30. The van der Waals surface area contributed by atoms with Crippen LogP contribution < -0.4 is 9.46 Å². The first-order valence-corrected chi connectivity index (χ1v) is 10.2. The van der Waals surface area contributed by atoms with E-state index in [2.05, 4.69) is 6.58 Å². The van der Waals surface area contributed by atoms with Crippen LogP contribution in [0.15, 0.2) is 30.9 Å². The Balaban J connectivity index is 3.21. The molecule has 0 aliphatic heterocycles. The summed E-state index contributed by atoms with van der Waals surface area (Å²) >= 11 is 0. The van der Waals surface area contributed by atoms with Crippen LogP contribution in [-0.4, -0.2) is 27.2 Å². The molecule has 0 spiro atoms. The summed E-state index contributed by atoms with van der Waals surface area (Å²) in [6.45, 7) is 7.60. The fourth-order valence-electron chi connectivity index (χ4n) is 2.58. The van der Waals surface area contributed by atoms with E-state index in [4.69, 9.17) is 4.74 Å². The fraction of sp³-hybridized carbons (Fsp3) is 0.500. The molecular formula is C18H24F3NO4S. The van der Waals surface area contributed by atoms with E-state index in [1.54, 1.807) is 10.8 Å². The number of carbonyl (C=O) groups excluding carboxylic acids is 1. The number of ether oxygens (including phenoxy) is 1. The summed E-state index contributed by atoms with van der Waals surface area (Å²) in [6, 6.07) is 2.71. The molecule has 1 N–H and O–H groups in total. The smallest absolute Gasteiger partial charge is 0.419 e. The molecule has 0 unspecified atom stereocenters. The largest absolute Gasteiger partial charge is 0.492 e. The van der Waals surface area contributed by atoms with Crippen molar-refractivity contribution < 1.29 is 31.1 Å². The first-order valence-electron chi connectivity index (χ1n) is 8.34. The Morgan fingerprint density at radius 1 is 1.26 bits per heavy atom. The molecule has 1 aromatic carbocycles. The number of hydrogen-bond donors (Lipinski definition) is 1. The van der Waals surface area contributed by atoms with Gasteiger partial charge in [-0.15, -0.1) is 6.58 Å².